The molecule has 0 N–H and O–H groups in total. The zero-order chi connectivity index (χ0) is 21.7. The lowest BCUT2D eigenvalue weighted by Crippen LogP contribution is -2.30. The fourth-order valence-corrected chi connectivity index (χ4v) is 4.82. The van der Waals surface area contributed by atoms with Gasteiger partial charge in [-0.25, -0.2) is 22.8 Å². The Hall–Kier alpha value is -2.31. The topological polar surface area (TPSA) is 52.6 Å². The van der Waals surface area contributed by atoms with Crippen LogP contribution in [0.25, 0.3) is 0 Å². The number of carbonyl (C=O) groups is 2. The van der Waals surface area contributed by atoms with Crippen molar-refractivity contribution in [1.29, 1.82) is 0 Å². The third-order valence-electron chi connectivity index (χ3n) is 6.43. The molecule has 2 aliphatic rings. The van der Waals surface area contributed by atoms with Crippen LogP contribution in [-0.2, 0) is 19.1 Å². The van der Waals surface area contributed by atoms with Gasteiger partial charge in [-0.3, -0.25) is 0 Å². The van der Waals surface area contributed by atoms with Gasteiger partial charge in [-0.1, -0.05) is 6.58 Å². The van der Waals surface area contributed by atoms with Crippen LogP contribution in [0.2, 0.25) is 0 Å². The Labute approximate surface area is 174 Å². The maximum atomic E-state index is 13.5. The molecule has 0 aromatic heterocycles. The molecule has 0 saturated heterocycles. The summed E-state index contributed by atoms with van der Waals surface area (Å²) in [6.45, 7) is 2.86. The summed E-state index contributed by atoms with van der Waals surface area (Å²) in [5.41, 5.74) is 0.539. The monoisotopic (exact) mass is 424 g/mol. The van der Waals surface area contributed by atoms with Crippen molar-refractivity contribution in [3.8, 4) is 0 Å². The van der Waals surface area contributed by atoms with Crippen LogP contribution in [0.3, 0.4) is 0 Å². The Kier molecular flexibility index (Phi) is 7.56. The molecular formula is C23H27F3O4. The number of rotatable bonds is 6. The molecule has 7 heteroatoms. The first-order valence-corrected chi connectivity index (χ1v) is 10.5. The number of ether oxygens (including phenoxy) is 2. The highest BCUT2D eigenvalue weighted by Crippen LogP contribution is 2.43. The van der Waals surface area contributed by atoms with Crippen LogP contribution in [0.15, 0.2) is 24.8 Å². The van der Waals surface area contributed by atoms with E-state index in [9.17, 15) is 22.8 Å². The number of carbonyl (C=O) groups excluding carboxylic acids is 2. The molecule has 2 aliphatic carbocycles. The average Bonchev–Trinajstić information content (AvgIpc) is 2.76. The van der Waals surface area contributed by atoms with Crippen LogP contribution < -0.4 is 0 Å². The zero-order valence-corrected chi connectivity index (χ0v) is 16.9. The third kappa shape index (κ3) is 5.64. The highest BCUT2D eigenvalue weighted by molar-refractivity contribution is 5.83. The van der Waals surface area contributed by atoms with E-state index in [0.717, 1.165) is 69.6 Å². The van der Waals surface area contributed by atoms with Gasteiger partial charge in [-0.05, 0) is 86.8 Å². The van der Waals surface area contributed by atoms with Crippen molar-refractivity contribution < 1.29 is 32.2 Å². The fraction of sp³-hybridized carbons (Fsp3) is 0.565. The maximum Gasteiger partial charge on any atom is 0.344 e. The first kappa shape index (κ1) is 22.4. The normalized spacial score (nSPS) is 26.6. The first-order valence-electron chi connectivity index (χ1n) is 10.5. The van der Waals surface area contributed by atoms with Crippen molar-refractivity contribution >= 4 is 11.9 Å². The molecule has 3 rings (SSSR count). The van der Waals surface area contributed by atoms with Crippen LogP contribution in [0.4, 0.5) is 13.2 Å². The molecule has 2 saturated carbocycles. The summed E-state index contributed by atoms with van der Waals surface area (Å²) in [5.74, 6) is -3.73. The summed E-state index contributed by atoms with van der Waals surface area (Å²) >= 11 is 0. The van der Waals surface area contributed by atoms with Gasteiger partial charge < -0.3 is 9.47 Å². The Morgan fingerprint density at radius 1 is 0.933 bits per heavy atom. The standard InChI is InChI=1S/C23H27F3O4/c1-2-21(27)29-13-22(28)30-18-9-7-15(8-10-18)14-3-5-16(6-4-14)17-11-19(24)23(26)20(25)12-17/h2,11-12,14-16,18H,1,3-10,13H2. The van der Waals surface area contributed by atoms with Gasteiger partial charge >= 0.3 is 11.9 Å². The van der Waals surface area contributed by atoms with E-state index in [4.69, 9.17) is 4.74 Å². The molecule has 0 radical (unpaired) electrons. The molecule has 0 atom stereocenters. The Morgan fingerprint density at radius 2 is 1.47 bits per heavy atom. The van der Waals surface area contributed by atoms with Gasteiger partial charge in [0, 0.05) is 6.08 Å². The molecule has 30 heavy (non-hydrogen) atoms. The number of halogens is 3. The first-order chi connectivity index (χ1) is 14.4. The highest BCUT2D eigenvalue weighted by atomic mass is 19.2. The SMILES string of the molecule is C=CC(=O)OCC(=O)OC1CCC(C2CCC(c3cc(F)c(F)c(F)c3)CC2)CC1. The van der Waals surface area contributed by atoms with Crippen LogP contribution in [-0.4, -0.2) is 24.6 Å². The summed E-state index contributed by atoms with van der Waals surface area (Å²) < 4.78 is 50.3. The minimum Gasteiger partial charge on any atom is -0.460 e. The Balaban J connectivity index is 1.42. The van der Waals surface area contributed by atoms with Crippen LogP contribution >= 0.6 is 0 Å². The smallest absolute Gasteiger partial charge is 0.344 e. The van der Waals surface area contributed by atoms with Gasteiger partial charge in [0.2, 0.25) is 0 Å². The summed E-state index contributed by atoms with van der Waals surface area (Å²) in [7, 11) is 0. The number of hydrogen-bond donors (Lipinski definition) is 0. The highest BCUT2D eigenvalue weighted by Gasteiger charge is 2.32. The van der Waals surface area contributed by atoms with Gasteiger partial charge in [-0.2, -0.15) is 0 Å². The van der Waals surface area contributed by atoms with Crippen molar-refractivity contribution in [2.45, 2.75) is 63.4 Å². The van der Waals surface area contributed by atoms with E-state index in [1.165, 1.54) is 0 Å². The predicted molar refractivity (Wildman–Crippen MR) is 104 cm³/mol. The molecule has 164 valence electrons. The van der Waals surface area contributed by atoms with E-state index in [0.29, 0.717) is 17.4 Å². The van der Waals surface area contributed by atoms with Crippen LogP contribution in [0.1, 0.15) is 62.8 Å². The van der Waals surface area contributed by atoms with Crippen LogP contribution in [0, 0.1) is 29.3 Å². The summed E-state index contributed by atoms with van der Waals surface area (Å²) in [5, 5.41) is 0. The third-order valence-corrected chi connectivity index (χ3v) is 6.43. The van der Waals surface area contributed by atoms with E-state index in [1.54, 1.807) is 0 Å². The van der Waals surface area contributed by atoms with Crippen LogP contribution in [0.5, 0.6) is 0 Å². The summed E-state index contributed by atoms with van der Waals surface area (Å²) in [4.78, 5) is 22.7. The largest absolute Gasteiger partial charge is 0.460 e. The van der Waals surface area contributed by atoms with E-state index in [-0.39, 0.29) is 12.0 Å². The van der Waals surface area contributed by atoms with E-state index in [1.807, 2.05) is 0 Å². The van der Waals surface area contributed by atoms with Crippen molar-refractivity contribution in [2.24, 2.45) is 11.8 Å². The van der Waals surface area contributed by atoms with E-state index >= 15 is 0 Å². The van der Waals surface area contributed by atoms with Crippen molar-refractivity contribution in [3.05, 3.63) is 47.8 Å². The van der Waals surface area contributed by atoms with Gasteiger partial charge in [0.15, 0.2) is 24.1 Å². The molecule has 0 unspecified atom stereocenters. The molecule has 0 aliphatic heterocycles. The lowest BCUT2D eigenvalue weighted by molar-refractivity contribution is -0.161. The fourth-order valence-electron chi connectivity index (χ4n) is 4.82. The zero-order valence-electron chi connectivity index (χ0n) is 16.9. The number of benzene rings is 1. The second-order valence-electron chi connectivity index (χ2n) is 8.25. The van der Waals surface area contributed by atoms with Gasteiger partial charge in [0.1, 0.15) is 6.10 Å². The molecule has 1 aromatic rings. The molecule has 1 aromatic carbocycles. The minimum absolute atomic E-state index is 0.0569. The summed E-state index contributed by atoms with van der Waals surface area (Å²) in [6, 6.07) is 2.24. The van der Waals surface area contributed by atoms with E-state index in [2.05, 4.69) is 11.3 Å². The molecule has 2 fully saturated rings. The minimum atomic E-state index is -1.41. The molecule has 4 nitrogen and oxygen atoms in total. The average molecular weight is 424 g/mol. The van der Waals surface area contributed by atoms with Gasteiger partial charge in [-0.15, -0.1) is 0 Å². The Bertz CT molecular complexity index is 756. The summed E-state index contributed by atoms with van der Waals surface area (Å²) in [6.07, 6.45) is 7.92. The van der Waals surface area contributed by atoms with E-state index < -0.39 is 36.0 Å². The van der Waals surface area contributed by atoms with Crippen molar-refractivity contribution in [3.63, 3.8) is 0 Å². The maximum absolute atomic E-state index is 13.5. The van der Waals surface area contributed by atoms with Gasteiger partial charge in [0.05, 0.1) is 0 Å². The quantitative estimate of drug-likeness (QED) is 0.357. The second kappa shape index (κ2) is 10.1. The molecular weight excluding hydrogens is 397 g/mol. The van der Waals surface area contributed by atoms with Gasteiger partial charge in [0.25, 0.3) is 0 Å². The molecule has 0 spiro atoms. The van der Waals surface area contributed by atoms with Crippen molar-refractivity contribution in [2.75, 3.05) is 6.61 Å². The van der Waals surface area contributed by atoms with Crippen molar-refractivity contribution in [1.82, 2.24) is 0 Å². The molecule has 0 amide bonds. The lowest BCUT2D eigenvalue weighted by Gasteiger charge is -2.37. The predicted octanol–water partition coefficient (Wildman–Crippen LogP) is 5.21. The second-order valence-corrected chi connectivity index (χ2v) is 8.25. The molecule has 0 heterocycles. The Morgan fingerprint density at radius 3 is 2.00 bits per heavy atom. The lowest BCUT2D eigenvalue weighted by atomic mass is 9.69. The number of esters is 2. The number of hydrogen-bond acceptors (Lipinski definition) is 4. The molecule has 0 bridgehead atoms.